The van der Waals surface area contributed by atoms with E-state index < -0.39 is 6.04 Å². The Hall–Kier alpha value is -2.33. The van der Waals surface area contributed by atoms with Crippen LogP contribution in [0.1, 0.15) is 29.8 Å². The van der Waals surface area contributed by atoms with E-state index in [1.165, 1.54) is 6.92 Å². The molecule has 0 aromatic heterocycles. The van der Waals surface area contributed by atoms with Gasteiger partial charge in [-0.25, -0.2) is 0 Å². The van der Waals surface area contributed by atoms with Crippen molar-refractivity contribution in [3.05, 3.63) is 58.6 Å². The van der Waals surface area contributed by atoms with E-state index in [-0.39, 0.29) is 11.7 Å². The molecule has 0 saturated heterocycles. The second kappa shape index (κ2) is 7.29. The van der Waals surface area contributed by atoms with Crippen molar-refractivity contribution in [2.75, 3.05) is 10.6 Å². The first-order valence-corrected chi connectivity index (χ1v) is 7.70. The first-order valence-electron chi connectivity index (χ1n) is 7.32. The molecule has 0 aliphatic rings. The summed E-state index contributed by atoms with van der Waals surface area (Å²) >= 11 is 6.08. The highest BCUT2D eigenvalue weighted by Crippen LogP contribution is 2.23. The third kappa shape index (κ3) is 4.33. The van der Waals surface area contributed by atoms with Gasteiger partial charge in [0.05, 0.1) is 0 Å². The predicted molar refractivity (Wildman–Crippen MR) is 94.3 cm³/mol. The van der Waals surface area contributed by atoms with E-state index in [2.05, 4.69) is 10.6 Å². The molecule has 23 heavy (non-hydrogen) atoms. The molecule has 0 spiro atoms. The van der Waals surface area contributed by atoms with Crippen LogP contribution in [0.25, 0.3) is 0 Å². The molecule has 2 aromatic carbocycles. The van der Waals surface area contributed by atoms with Crippen LogP contribution in [0.15, 0.2) is 42.5 Å². The van der Waals surface area contributed by atoms with Crippen LogP contribution < -0.4 is 10.6 Å². The van der Waals surface area contributed by atoms with Crippen LogP contribution in [0, 0.1) is 6.92 Å². The maximum absolute atomic E-state index is 12.3. The molecule has 5 heteroatoms. The monoisotopic (exact) mass is 330 g/mol. The summed E-state index contributed by atoms with van der Waals surface area (Å²) in [5, 5.41) is 6.60. The van der Waals surface area contributed by atoms with Crippen molar-refractivity contribution in [2.45, 2.75) is 26.8 Å². The van der Waals surface area contributed by atoms with Gasteiger partial charge in [0, 0.05) is 22.0 Å². The number of benzene rings is 2. The van der Waals surface area contributed by atoms with Gasteiger partial charge in [-0.2, -0.15) is 0 Å². The zero-order chi connectivity index (χ0) is 17.0. The van der Waals surface area contributed by atoms with Crippen LogP contribution >= 0.6 is 11.6 Å². The lowest BCUT2D eigenvalue weighted by Gasteiger charge is -2.17. The summed E-state index contributed by atoms with van der Waals surface area (Å²) in [6.07, 6.45) is 0. The van der Waals surface area contributed by atoms with Gasteiger partial charge in [0.25, 0.3) is 0 Å². The molecule has 1 atom stereocenters. The molecule has 0 aliphatic carbocycles. The van der Waals surface area contributed by atoms with E-state index in [9.17, 15) is 9.59 Å². The lowest BCUT2D eigenvalue weighted by atomic mass is 10.1. The van der Waals surface area contributed by atoms with Crippen LogP contribution in [0.2, 0.25) is 5.02 Å². The highest BCUT2D eigenvalue weighted by molar-refractivity contribution is 6.31. The summed E-state index contributed by atoms with van der Waals surface area (Å²) in [5.41, 5.74) is 2.87. The lowest BCUT2D eigenvalue weighted by Crippen LogP contribution is -2.32. The summed E-state index contributed by atoms with van der Waals surface area (Å²) in [7, 11) is 0. The van der Waals surface area contributed by atoms with E-state index in [4.69, 9.17) is 11.6 Å². The molecule has 1 amide bonds. The third-order valence-corrected chi connectivity index (χ3v) is 3.98. The van der Waals surface area contributed by atoms with Crippen molar-refractivity contribution >= 4 is 34.7 Å². The van der Waals surface area contributed by atoms with Gasteiger partial charge in [0.2, 0.25) is 5.91 Å². The maximum atomic E-state index is 12.3. The van der Waals surface area contributed by atoms with Gasteiger partial charge in [-0.1, -0.05) is 29.8 Å². The van der Waals surface area contributed by atoms with Crippen LogP contribution in [0.5, 0.6) is 0 Å². The molecule has 0 heterocycles. The Morgan fingerprint density at radius 1 is 1.13 bits per heavy atom. The van der Waals surface area contributed by atoms with Gasteiger partial charge < -0.3 is 10.6 Å². The number of hydrogen-bond donors (Lipinski definition) is 2. The van der Waals surface area contributed by atoms with Crippen molar-refractivity contribution < 1.29 is 9.59 Å². The average molecular weight is 331 g/mol. The number of amides is 1. The molecule has 0 fully saturated rings. The third-order valence-electron chi connectivity index (χ3n) is 3.57. The summed E-state index contributed by atoms with van der Waals surface area (Å²) in [6, 6.07) is 11.9. The fourth-order valence-electron chi connectivity index (χ4n) is 2.13. The molecule has 0 bridgehead atoms. The number of ketones is 1. The molecule has 2 aromatic rings. The van der Waals surface area contributed by atoms with Crippen LogP contribution in [-0.2, 0) is 4.79 Å². The maximum Gasteiger partial charge on any atom is 0.246 e. The average Bonchev–Trinajstić information content (AvgIpc) is 2.52. The van der Waals surface area contributed by atoms with Crippen LogP contribution in [0.3, 0.4) is 0 Å². The van der Waals surface area contributed by atoms with Crippen molar-refractivity contribution in [3.63, 3.8) is 0 Å². The Kier molecular flexibility index (Phi) is 5.40. The minimum Gasteiger partial charge on any atom is -0.374 e. The number of Topliss-reactive ketones (excluding diaryl/α,β-unsaturated/α-hetero) is 1. The Labute approximate surface area is 140 Å². The predicted octanol–water partition coefficient (Wildman–Crippen LogP) is 4.29. The largest absolute Gasteiger partial charge is 0.374 e. The first kappa shape index (κ1) is 17.0. The summed E-state index contributed by atoms with van der Waals surface area (Å²) in [6.45, 7) is 5.16. The van der Waals surface area contributed by atoms with Gasteiger partial charge >= 0.3 is 0 Å². The van der Waals surface area contributed by atoms with Crippen LogP contribution in [0.4, 0.5) is 11.4 Å². The lowest BCUT2D eigenvalue weighted by molar-refractivity contribution is -0.116. The molecule has 4 nitrogen and oxygen atoms in total. The molecule has 2 N–H and O–H groups in total. The molecule has 2 rings (SSSR count). The fraction of sp³-hybridized carbons (Fsp3) is 0.222. The smallest absolute Gasteiger partial charge is 0.246 e. The van der Waals surface area contributed by atoms with Crippen molar-refractivity contribution in [2.24, 2.45) is 0 Å². The number of rotatable bonds is 5. The minimum atomic E-state index is -0.451. The van der Waals surface area contributed by atoms with Gasteiger partial charge in [0.1, 0.15) is 6.04 Å². The highest BCUT2D eigenvalue weighted by atomic mass is 35.5. The zero-order valence-corrected chi connectivity index (χ0v) is 14.1. The van der Waals surface area contributed by atoms with E-state index >= 15 is 0 Å². The standard InChI is InChI=1S/C18H19ClN2O2/c1-11-16(19)8-5-9-17(11)20-12(2)18(23)21-15-7-4-6-14(10-15)13(3)22/h4-10,12,20H,1-3H3,(H,21,23). The van der Waals surface area contributed by atoms with E-state index in [0.717, 1.165) is 11.3 Å². The van der Waals surface area contributed by atoms with Crippen molar-refractivity contribution in [3.8, 4) is 0 Å². The number of halogens is 1. The van der Waals surface area contributed by atoms with Gasteiger partial charge in [-0.3, -0.25) is 9.59 Å². The second-order valence-corrected chi connectivity index (χ2v) is 5.81. The minimum absolute atomic E-state index is 0.0400. The molecular weight excluding hydrogens is 312 g/mol. The Morgan fingerprint density at radius 2 is 1.83 bits per heavy atom. The second-order valence-electron chi connectivity index (χ2n) is 5.40. The Balaban J connectivity index is 2.07. The van der Waals surface area contributed by atoms with Crippen molar-refractivity contribution in [1.82, 2.24) is 0 Å². The molecular formula is C18H19ClN2O2. The van der Waals surface area contributed by atoms with Gasteiger partial charge in [-0.15, -0.1) is 0 Å². The number of nitrogens with one attached hydrogen (secondary N) is 2. The molecule has 0 aliphatic heterocycles. The fourth-order valence-corrected chi connectivity index (χ4v) is 2.30. The van der Waals surface area contributed by atoms with Gasteiger partial charge in [0.15, 0.2) is 5.78 Å². The van der Waals surface area contributed by atoms with Crippen molar-refractivity contribution in [1.29, 1.82) is 0 Å². The van der Waals surface area contributed by atoms with E-state index in [0.29, 0.717) is 16.3 Å². The molecule has 0 saturated carbocycles. The molecule has 0 radical (unpaired) electrons. The van der Waals surface area contributed by atoms with E-state index in [1.54, 1.807) is 37.3 Å². The molecule has 1 unspecified atom stereocenters. The topological polar surface area (TPSA) is 58.2 Å². The zero-order valence-electron chi connectivity index (χ0n) is 13.3. The summed E-state index contributed by atoms with van der Waals surface area (Å²) in [5.74, 6) is -0.230. The van der Waals surface area contributed by atoms with Gasteiger partial charge in [-0.05, 0) is 50.6 Å². The number of carbonyl (C=O) groups is 2. The molecule has 120 valence electrons. The number of hydrogen-bond acceptors (Lipinski definition) is 3. The van der Waals surface area contributed by atoms with Crippen LogP contribution in [-0.4, -0.2) is 17.7 Å². The van der Waals surface area contributed by atoms with E-state index in [1.807, 2.05) is 19.1 Å². The summed E-state index contributed by atoms with van der Waals surface area (Å²) < 4.78 is 0. The Morgan fingerprint density at radius 3 is 2.52 bits per heavy atom. The number of anilines is 2. The SMILES string of the molecule is CC(=O)c1cccc(NC(=O)C(C)Nc2cccc(Cl)c2C)c1. The quantitative estimate of drug-likeness (QED) is 0.804. The summed E-state index contributed by atoms with van der Waals surface area (Å²) in [4.78, 5) is 23.7. The Bertz CT molecular complexity index is 744. The highest BCUT2D eigenvalue weighted by Gasteiger charge is 2.14. The number of carbonyl (C=O) groups excluding carboxylic acids is 2. The normalized spacial score (nSPS) is 11.7. The first-order chi connectivity index (χ1) is 10.9.